The lowest BCUT2D eigenvalue weighted by atomic mass is 10.1. The first-order valence-corrected chi connectivity index (χ1v) is 8.33. The zero-order chi connectivity index (χ0) is 14.5. The molecule has 0 saturated carbocycles. The maximum absolute atomic E-state index is 11.7. The molecule has 0 unspecified atom stereocenters. The minimum Gasteiger partial charge on any atom is -0.276 e. The molecule has 3 nitrogen and oxygen atoms in total. The van der Waals surface area contributed by atoms with E-state index in [4.69, 9.17) is 11.6 Å². The third-order valence-electron chi connectivity index (χ3n) is 2.66. The van der Waals surface area contributed by atoms with Crippen LogP contribution < -0.4 is 0 Å². The Hall–Kier alpha value is -1.13. The van der Waals surface area contributed by atoms with Crippen LogP contribution in [0.1, 0.15) is 42.1 Å². The molecule has 1 aromatic rings. The van der Waals surface area contributed by atoms with Gasteiger partial charge >= 0.3 is 0 Å². The second-order valence-corrected chi connectivity index (χ2v) is 6.67. The molecule has 0 aliphatic heterocycles. The Morgan fingerprint density at radius 1 is 1.37 bits per heavy atom. The molecule has 1 aromatic carbocycles. The quantitative estimate of drug-likeness (QED) is 0.595. The molecule has 0 aromatic heterocycles. The molecule has 0 radical (unpaired) electrons. The lowest BCUT2D eigenvalue weighted by Gasteiger charge is -2.05. The number of hydrogen-bond donors (Lipinski definition) is 0. The normalized spacial score (nSPS) is 11.9. The number of carbonyl (C=O) groups excluding carboxylic acids is 1. The molecular weight excluding hydrogens is 284 g/mol. The summed E-state index contributed by atoms with van der Waals surface area (Å²) in [5.41, 5.74) is 0.771. The molecule has 0 aliphatic rings. The molecule has 0 atom stereocenters. The van der Waals surface area contributed by atoms with Crippen LogP contribution in [0.25, 0.3) is 6.08 Å². The van der Waals surface area contributed by atoms with Crippen molar-refractivity contribution in [1.29, 1.82) is 0 Å². The molecule has 5 heteroatoms. The SMILES string of the molecule is CCCCC=Cc1ccc(C(=O)Cl)cc1S(C)(=O)=O. The molecule has 1 rings (SSSR count). The van der Waals surface area contributed by atoms with E-state index in [0.717, 1.165) is 25.5 Å². The number of unbranched alkanes of at least 4 members (excludes halogenated alkanes) is 2. The monoisotopic (exact) mass is 300 g/mol. The molecular formula is C14H17ClO3S. The van der Waals surface area contributed by atoms with Crippen LogP contribution >= 0.6 is 11.6 Å². The Kier molecular flexibility index (Phi) is 5.76. The van der Waals surface area contributed by atoms with E-state index in [1.165, 1.54) is 12.1 Å². The summed E-state index contributed by atoms with van der Waals surface area (Å²) < 4.78 is 23.5. The number of halogens is 1. The van der Waals surface area contributed by atoms with Crippen LogP contribution in [-0.2, 0) is 9.84 Å². The van der Waals surface area contributed by atoms with E-state index in [1.54, 1.807) is 12.1 Å². The van der Waals surface area contributed by atoms with Gasteiger partial charge in [-0.2, -0.15) is 0 Å². The molecule has 0 fully saturated rings. The van der Waals surface area contributed by atoms with Gasteiger partial charge in [0.05, 0.1) is 4.90 Å². The highest BCUT2D eigenvalue weighted by molar-refractivity contribution is 7.90. The predicted molar refractivity (Wildman–Crippen MR) is 78.3 cm³/mol. The summed E-state index contributed by atoms with van der Waals surface area (Å²) in [5.74, 6) is 0. The fourth-order valence-corrected chi connectivity index (χ4v) is 2.67. The van der Waals surface area contributed by atoms with Crippen LogP contribution in [0.3, 0.4) is 0 Å². The minimum absolute atomic E-state index is 0.131. The van der Waals surface area contributed by atoms with Crippen molar-refractivity contribution in [3.63, 3.8) is 0 Å². The van der Waals surface area contributed by atoms with Gasteiger partial charge in [0.1, 0.15) is 0 Å². The lowest BCUT2D eigenvalue weighted by molar-refractivity contribution is 0.108. The Labute approximate surface area is 119 Å². The summed E-state index contributed by atoms with van der Waals surface area (Å²) in [6.07, 6.45) is 7.88. The van der Waals surface area contributed by atoms with Crippen LogP contribution in [-0.4, -0.2) is 19.9 Å². The van der Waals surface area contributed by atoms with Gasteiger partial charge in [0.2, 0.25) is 0 Å². The van der Waals surface area contributed by atoms with Crippen molar-refractivity contribution in [3.05, 3.63) is 35.4 Å². The molecule has 104 valence electrons. The van der Waals surface area contributed by atoms with Gasteiger partial charge in [-0.25, -0.2) is 8.42 Å². The Balaban J connectivity index is 3.17. The topological polar surface area (TPSA) is 51.2 Å². The fraction of sp³-hybridized carbons (Fsp3) is 0.357. The lowest BCUT2D eigenvalue weighted by Crippen LogP contribution is -2.02. The van der Waals surface area contributed by atoms with E-state index in [2.05, 4.69) is 6.92 Å². The molecule has 19 heavy (non-hydrogen) atoms. The summed E-state index contributed by atoms with van der Waals surface area (Å²) in [4.78, 5) is 11.2. The third kappa shape index (κ3) is 4.80. The zero-order valence-corrected chi connectivity index (χ0v) is 12.6. The number of sulfone groups is 1. The number of hydrogen-bond acceptors (Lipinski definition) is 3. The minimum atomic E-state index is -3.39. The number of allylic oxidation sites excluding steroid dienone is 1. The van der Waals surface area contributed by atoms with Crippen LogP contribution in [0.2, 0.25) is 0 Å². The molecule has 0 spiro atoms. The first-order valence-electron chi connectivity index (χ1n) is 6.06. The van der Waals surface area contributed by atoms with Crippen molar-refractivity contribution in [2.24, 2.45) is 0 Å². The molecule has 0 bridgehead atoms. The van der Waals surface area contributed by atoms with Crippen molar-refractivity contribution >= 4 is 32.8 Å². The number of rotatable bonds is 6. The molecule has 0 amide bonds. The standard InChI is InChI=1S/C14H17ClO3S/c1-3-4-5-6-7-11-8-9-12(14(15)16)10-13(11)19(2,17)18/h6-10H,3-5H2,1-2H3. The number of carbonyl (C=O) groups is 1. The largest absolute Gasteiger partial charge is 0.276 e. The second kappa shape index (κ2) is 6.87. The van der Waals surface area contributed by atoms with Gasteiger partial charge in [0, 0.05) is 11.8 Å². The number of benzene rings is 1. The second-order valence-electron chi connectivity index (χ2n) is 4.34. The van der Waals surface area contributed by atoms with E-state index in [0.29, 0.717) is 5.56 Å². The van der Waals surface area contributed by atoms with Crippen LogP contribution in [0.15, 0.2) is 29.2 Å². The maximum atomic E-state index is 11.7. The Morgan fingerprint density at radius 2 is 2.05 bits per heavy atom. The van der Waals surface area contributed by atoms with Crippen LogP contribution in [0.4, 0.5) is 0 Å². The summed E-state index contributed by atoms with van der Waals surface area (Å²) in [6.45, 7) is 2.09. The van der Waals surface area contributed by atoms with Gasteiger partial charge in [0.15, 0.2) is 9.84 Å². The summed E-state index contributed by atoms with van der Waals surface area (Å²) in [6, 6.07) is 4.46. The summed E-state index contributed by atoms with van der Waals surface area (Å²) in [5, 5.41) is -0.661. The summed E-state index contributed by atoms with van der Waals surface area (Å²) in [7, 11) is -3.39. The molecule has 0 saturated heterocycles. The van der Waals surface area contributed by atoms with Gasteiger partial charge in [-0.15, -0.1) is 0 Å². The van der Waals surface area contributed by atoms with Crippen molar-refractivity contribution < 1.29 is 13.2 Å². The van der Waals surface area contributed by atoms with Gasteiger partial charge in [-0.3, -0.25) is 4.79 Å². The smallest absolute Gasteiger partial charge is 0.252 e. The fourth-order valence-electron chi connectivity index (χ4n) is 1.65. The van der Waals surface area contributed by atoms with E-state index < -0.39 is 15.1 Å². The van der Waals surface area contributed by atoms with E-state index in [1.807, 2.05) is 6.08 Å². The maximum Gasteiger partial charge on any atom is 0.252 e. The van der Waals surface area contributed by atoms with Gasteiger partial charge in [-0.05, 0) is 35.7 Å². The van der Waals surface area contributed by atoms with E-state index >= 15 is 0 Å². The highest BCUT2D eigenvalue weighted by atomic mass is 35.5. The average molecular weight is 301 g/mol. The third-order valence-corrected chi connectivity index (χ3v) is 4.03. The van der Waals surface area contributed by atoms with Gasteiger partial charge < -0.3 is 0 Å². The first-order chi connectivity index (χ1) is 8.86. The summed E-state index contributed by atoms with van der Waals surface area (Å²) >= 11 is 5.37. The first kappa shape index (κ1) is 15.9. The van der Waals surface area contributed by atoms with E-state index in [9.17, 15) is 13.2 Å². The van der Waals surface area contributed by atoms with Gasteiger partial charge in [0.25, 0.3) is 5.24 Å². The van der Waals surface area contributed by atoms with E-state index in [-0.39, 0.29) is 10.5 Å². The van der Waals surface area contributed by atoms with Crippen LogP contribution in [0, 0.1) is 0 Å². The molecule has 0 aliphatic carbocycles. The van der Waals surface area contributed by atoms with Crippen LogP contribution in [0.5, 0.6) is 0 Å². The van der Waals surface area contributed by atoms with Crippen molar-refractivity contribution in [1.82, 2.24) is 0 Å². The van der Waals surface area contributed by atoms with Crippen molar-refractivity contribution in [3.8, 4) is 0 Å². The Bertz CT molecular complexity index is 589. The van der Waals surface area contributed by atoms with Crippen molar-refractivity contribution in [2.45, 2.75) is 31.1 Å². The van der Waals surface area contributed by atoms with Gasteiger partial charge in [-0.1, -0.05) is 38.0 Å². The average Bonchev–Trinajstić information content (AvgIpc) is 2.33. The Morgan fingerprint density at radius 3 is 2.58 bits per heavy atom. The predicted octanol–water partition coefficient (Wildman–Crippen LogP) is 3.67. The highest BCUT2D eigenvalue weighted by Crippen LogP contribution is 2.20. The highest BCUT2D eigenvalue weighted by Gasteiger charge is 2.14. The van der Waals surface area contributed by atoms with Crippen molar-refractivity contribution in [2.75, 3.05) is 6.26 Å². The zero-order valence-electron chi connectivity index (χ0n) is 11.0. The molecule has 0 N–H and O–H groups in total. The molecule has 0 heterocycles.